The molecule has 0 aliphatic rings. The Balaban J connectivity index is 2.08. The molecule has 2 aromatic carbocycles. The molecule has 0 spiro atoms. The highest BCUT2D eigenvalue weighted by Gasteiger charge is 2.14. The first kappa shape index (κ1) is 13.8. The summed E-state index contributed by atoms with van der Waals surface area (Å²) >= 11 is 0. The van der Waals surface area contributed by atoms with E-state index in [-0.39, 0.29) is 17.7 Å². The first-order chi connectivity index (χ1) is 10.6. The summed E-state index contributed by atoms with van der Waals surface area (Å²) < 4.78 is 15.7. The van der Waals surface area contributed by atoms with Crippen LogP contribution in [0.1, 0.15) is 21.5 Å². The lowest BCUT2D eigenvalue weighted by Gasteiger charge is -2.07. The summed E-state index contributed by atoms with van der Waals surface area (Å²) in [6, 6.07) is 13.2. The van der Waals surface area contributed by atoms with Crippen molar-refractivity contribution in [3.8, 4) is 6.07 Å². The minimum Gasteiger partial charge on any atom is -0.478 e. The van der Waals surface area contributed by atoms with Crippen molar-refractivity contribution >= 4 is 16.9 Å². The fourth-order valence-electron chi connectivity index (χ4n) is 2.48. The Morgan fingerprint density at radius 3 is 2.73 bits per heavy atom. The molecule has 3 rings (SSSR count). The van der Waals surface area contributed by atoms with Gasteiger partial charge in [0, 0.05) is 22.7 Å². The van der Waals surface area contributed by atoms with Crippen molar-refractivity contribution in [1.82, 2.24) is 4.57 Å². The number of nitriles is 1. The summed E-state index contributed by atoms with van der Waals surface area (Å²) in [4.78, 5) is 11.3. The first-order valence-electron chi connectivity index (χ1n) is 6.60. The molecular formula is C17H11FN2O2. The molecule has 0 saturated heterocycles. The summed E-state index contributed by atoms with van der Waals surface area (Å²) in [6.45, 7) is 0.200. The van der Waals surface area contributed by atoms with Gasteiger partial charge in [0.15, 0.2) is 0 Å². The Bertz CT molecular complexity index is 922. The van der Waals surface area contributed by atoms with E-state index in [2.05, 4.69) is 0 Å². The molecule has 0 atom stereocenters. The molecule has 1 N–H and O–H groups in total. The van der Waals surface area contributed by atoms with Gasteiger partial charge >= 0.3 is 5.97 Å². The van der Waals surface area contributed by atoms with Gasteiger partial charge in [0.2, 0.25) is 0 Å². The Kier molecular flexibility index (Phi) is 3.36. The van der Waals surface area contributed by atoms with Gasteiger partial charge < -0.3 is 9.67 Å². The number of fused-ring (bicyclic) bond motifs is 1. The van der Waals surface area contributed by atoms with Crippen LogP contribution in [0.3, 0.4) is 0 Å². The molecule has 1 heterocycles. The average Bonchev–Trinajstić information content (AvgIpc) is 2.88. The van der Waals surface area contributed by atoms with E-state index in [9.17, 15) is 14.3 Å². The van der Waals surface area contributed by atoms with E-state index in [0.717, 1.165) is 5.52 Å². The van der Waals surface area contributed by atoms with Crippen molar-refractivity contribution < 1.29 is 14.3 Å². The summed E-state index contributed by atoms with van der Waals surface area (Å²) in [5.41, 5.74) is 1.56. The van der Waals surface area contributed by atoms with Crippen LogP contribution in [0.25, 0.3) is 10.9 Å². The van der Waals surface area contributed by atoms with Crippen molar-refractivity contribution in [1.29, 1.82) is 5.26 Å². The maximum Gasteiger partial charge on any atom is 0.337 e. The van der Waals surface area contributed by atoms with Crippen LogP contribution in [0.15, 0.2) is 48.7 Å². The molecule has 0 aliphatic carbocycles. The largest absolute Gasteiger partial charge is 0.478 e. The van der Waals surface area contributed by atoms with Crippen LogP contribution in [-0.2, 0) is 6.54 Å². The van der Waals surface area contributed by atoms with Gasteiger partial charge in [0.1, 0.15) is 5.82 Å². The molecule has 0 aliphatic heterocycles. The quantitative estimate of drug-likeness (QED) is 0.805. The van der Waals surface area contributed by atoms with Gasteiger partial charge in [-0.25, -0.2) is 9.18 Å². The molecule has 0 bridgehead atoms. The Labute approximate surface area is 125 Å². The third-order valence-corrected chi connectivity index (χ3v) is 3.54. The second-order valence-corrected chi connectivity index (χ2v) is 4.91. The maximum atomic E-state index is 14.0. The highest BCUT2D eigenvalue weighted by Crippen LogP contribution is 2.23. The molecule has 0 radical (unpaired) electrons. The zero-order chi connectivity index (χ0) is 15.7. The highest BCUT2D eigenvalue weighted by atomic mass is 19.1. The number of aromatic carboxylic acids is 1. The molecule has 0 saturated carbocycles. The molecule has 0 amide bonds. The summed E-state index contributed by atoms with van der Waals surface area (Å²) in [5, 5.41) is 18.6. The zero-order valence-electron chi connectivity index (χ0n) is 11.5. The third-order valence-electron chi connectivity index (χ3n) is 3.54. The van der Waals surface area contributed by atoms with Gasteiger partial charge in [-0.2, -0.15) is 5.26 Å². The fraction of sp³-hybridized carbons (Fsp3) is 0.0588. The number of rotatable bonds is 3. The summed E-state index contributed by atoms with van der Waals surface area (Å²) in [5.74, 6) is -1.50. The van der Waals surface area contributed by atoms with Gasteiger partial charge in [0.05, 0.1) is 23.7 Å². The van der Waals surface area contributed by atoms with E-state index < -0.39 is 11.8 Å². The standard InChI is InChI=1S/C17H11FN2O2/c18-15-7-11(8-19)5-6-12(15)9-20-10-14(17(21)22)13-3-1-2-4-16(13)20/h1-7,10H,9H2,(H,21,22). The molecule has 108 valence electrons. The van der Waals surface area contributed by atoms with Crippen molar-refractivity contribution in [3.63, 3.8) is 0 Å². The molecule has 5 heteroatoms. The number of carbonyl (C=O) groups is 1. The lowest BCUT2D eigenvalue weighted by atomic mass is 10.1. The molecular weight excluding hydrogens is 283 g/mol. The third kappa shape index (κ3) is 2.31. The minimum atomic E-state index is -1.02. The SMILES string of the molecule is N#Cc1ccc(Cn2cc(C(=O)O)c3ccccc32)c(F)c1. The second kappa shape index (κ2) is 5.34. The van der Waals surface area contributed by atoms with Crippen LogP contribution in [-0.4, -0.2) is 15.6 Å². The lowest BCUT2D eigenvalue weighted by molar-refractivity contribution is 0.0699. The van der Waals surface area contributed by atoms with E-state index in [1.165, 1.54) is 12.3 Å². The maximum absolute atomic E-state index is 14.0. The normalized spacial score (nSPS) is 10.5. The highest BCUT2D eigenvalue weighted by molar-refractivity contribution is 6.03. The van der Waals surface area contributed by atoms with E-state index in [4.69, 9.17) is 5.26 Å². The number of halogens is 1. The van der Waals surface area contributed by atoms with E-state index in [1.54, 1.807) is 41.0 Å². The monoisotopic (exact) mass is 294 g/mol. The Hall–Kier alpha value is -3.13. The first-order valence-corrected chi connectivity index (χ1v) is 6.60. The number of benzene rings is 2. The predicted octanol–water partition coefficient (Wildman–Crippen LogP) is 3.40. The van der Waals surface area contributed by atoms with E-state index in [1.807, 2.05) is 6.07 Å². The van der Waals surface area contributed by atoms with Crippen molar-refractivity contribution in [2.45, 2.75) is 6.54 Å². The van der Waals surface area contributed by atoms with Crippen LogP contribution in [0.2, 0.25) is 0 Å². The molecule has 3 aromatic rings. The average molecular weight is 294 g/mol. The van der Waals surface area contributed by atoms with Gasteiger partial charge in [-0.05, 0) is 18.2 Å². The second-order valence-electron chi connectivity index (χ2n) is 4.91. The molecule has 4 nitrogen and oxygen atoms in total. The topological polar surface area (TPSA) is 66.0 Å². The van der Waals surface area contributed by atoms with E-state index >= 15 is 0 Å². The summed E-state index contributed by atoms with van der Waals surface area (Å²) in [7, 11) is 0. The number of carboxylic acid groups (broad SMARTS) is 1. The smallest absolute Gasteiger partial charge is 0.337 e. The zero-order valence-corrected chi connectivity index (χ0v) is 11.5. The fourth-order valence-corrected chi connectivity index (χ4v) is 2.48. The number of aromatic nitrogens is 1. The van der Waals surface area contributed by atoms with E-state index in [0.29, 0.717) is 10.9 Å². The van der Waals surface area contributed by atoms with Crippen molar-refractivity contribution in [3.05, 3.63) is 71.2 Å². The molecule has 0 fully saturated rings. The van der Waals surface area contributed by atoms with Crippen LogP contribution in [0, 0.1) is 17.1 Å². The predicted molar refractivity (Wildman–Crippen MR) is 79.1 cm³/mol. The van der Waals surface area contributed by atoms with Crippen LogP contribution < -0.4 is 0 Å². The number of hydrogen-bond acceptors (Lipinski definition) is 2. The van der Waals surface area contributed by atoms with Crippen LogP contribution in [0.5, 0.6) is 0 Å². The minimum absolute atomic E-state index is 0.185. The number of para-hydroxylation sites is 1. The lowest BCUT2D eigenvalue weighted by Crippen LogP contribution is -2.01. The van der Waals surface area contributed by atoms with Crippen LogP contribution >= 0.6 is 0 Å². The molecule has 22 heavy (non-hydrogen) atoms. The Morgan fingerprint density at radius 1 is 1.27 bits per heavy atom. The van der Waals surface area contributed by atoms with Crippen molar-refractivity contribution in [2.75, 3.05) is 0 Å². The van der Waals surface area contributed by atoms with Crippen LogP contribution in [0.4, 0.5) is 4.39 Å². The van der Waals surface area contributed by atoms with Gasteiger partial charge in [-0.3, -0.25) is 0 Å². The number of nitrogens with zero attached hydrogens (tertiary/aromatic N) is 2. The van der Waals surface area contributed by atoms with Crippen molar-refractivity contribution in [2.24, 2.45) is 0 Å². The summed E-state index contributed by atoms with van der Waals surface area (Å²) in [6.07, 6.45) is 1.50. The van der Waals surface area contributed by atoms with Gasteiger partial charge in [-0.1, -0.05) is 24.3 Å². The molecule has 1 aromatic heterocycles. The molecule has 0 unspecified atom stereocenters. The Morgan fingerprint density at radius 2 is 2.05 bits per heavy atom. The van der Waals surface area contributed by atoms with Gasteiger partial charge in [-0.15, -0.1) is 0 Å². The number of hydrogen-bond donors (Lipinski definition) is 1. The number of carboxylic acids is 1. The van der Waals surface area contributed by atoms with Gasteiger partial charge in [0.25, 0.3) is 0 Å².